The smallest absolute Gasteiger partial charge is 0.147 e. The molecule has 75 valence electrons. The van der Waals surface area contributed by atoms with Crippen molar-refractivity contribution in [3.63, 3.8) is 0 Å². The van der Waals surface area contributed by atoms with Crippen molar-refractivity contribution >= 4 is 41.3 Å². The zero-order chi connectivity index (χ0) is 8.58. The van der Waals surface area contributed by atoms with E-state index in [1.807, 2.05) is 0 Å². The fraction of sp³-hybridized carbons (Fsp3) is 1.00. The molecule has 0 radical (unpaired) electrons. The topological polar surface area (TPSA) is 3.24 Å². The molecule has 0 saturated heterocycles. The Morgan fingerprint density at radius 1 is 0.750 bits per heavy atom. The quantitative estimate of drug-likeness (QED) is 0.705. The minimum absolute atomic E-state index is 0. The van der Waals surface area contributed by atoms with Gasteiger partial charge in [-0.25, -0.2) is 0 Å². The summed E-state index contributed by atoms with van der Waals surface area (Å²) in [5.41, 5.74) is 0. The molecule has 0 N–H and O–H groups in total. The van der Waals surface area contributed by atoms with E-state index < -0.39 is 16.5 Å². The summed E-state index contributed by atoms with van der Waals surface area (Å²) in [5.74, 6) is 0. The van der Waals surface area contributed by atoms with E-state index in [0.717, 1.165) is 0 Å². The van der Waals surface area contributed by atoms with E-state index in [2.05, 4.69) is 41.5 Å². The SMILES string of the molecule is C[Si](C)(C)[N]([Zr])[Si](C)(C)C.Cl.Cl. The van der Waals surface area contributed by atoms with E-state index in [-0.39, 0.29) is 24.8 Å². The summed E-state index contributed by atoms with van der Waals surface area (Å²) < 4.78 is 2.74. The van der Waals surface area contributed by atoms with Crippen molar-refractivity contribution in [3.05, 3.63) is 0 Å². The Balaban J connectivity index is -0.000000405. The summed E-state index contributed by atoms with van der Waals surface area (Å²) in [7, 11) is -1.92. The molecule has 0 spiro atoms. The van der Waals surface area contributed by atoms with Gasteiger partial charge in [0.05, 0.1) is 0 Å². The van der Waals surface area contributed by atoms with E-state index in [4.69, 9.17) is 0 Å². The van der Waals surface area contributed by atoms with E-state index in [1.165, 1.54) is 0 Å². The van der Waals surface area contributed by atoms with Crippen LogP contribution in [0.1, 0.15) is 0 Å². The Kier molecular flexibility index (Phi) is 10.3. The van der Waals surface area contributed by atoms with Crippen LogP contribution < -0.4 is 0 Å². The number of halogens is 2. The molecule has 1 nitrogen and oxygen atoms in total. The first-order valence-electron chi connectivity index (χ1n) is 3.67. The van der Waals surface area contributed by atoms with Gasteiger partial charge in [-0.05, 0) is 0 Å². The molecule has 0 fully saturated rings. The molecule has 0 aliphatic heterocycles. The van der Waals surface area contributed by atoms with Gasteiger partial charge in [-0.3, -0.25) is 0 Å². The zero-order valence-electron chi connectivity index (χ0n) is 8.76. The van der Waals surface area contributed by atoms with E-state index >= 15 is 0 Å². The third-order valence-corrected chi connectivity index (χ3v) is 17.9. The van der Waals surface area contributed by atoms with Crippen LogP contribution in [-0.4, -0.2) is 18.6 Å². The van der Waals surface area contributed by atoms with Crippen LogP contribution in [0.3, 0.4) is 0 Å². The third kappa shape index (κ3) is 7.28. The van der Waals surface area contributed by atoms with Crippen molar-refractivity contribution in [2.75, 3.05) is 0 Å². The molecule has 0 amide bonds. The molecule has 0 saturated carbocycles. The maximum Gasteiger partial charge on any atom is -0.147 e. The van der Waals surface area contributed by atoms with E-state index in [9.17, 15) is 0 Å². The molecule has 0 aromatic heterocycles. The Morgan fingerprint density at radius 2 is 0.917 bits per heavy atom. The summed E-state index contributed by atoms with van der Waals surface area (Å²) in [6.45, 7) is 14.6. The predicted molar refractivity (Wildman–Crippen MR) is 63.0 cm³/mol. The van der Waals surface area contributed by atoms with Gasteiger partial charge in [0.25, 0.3) is 0 Å². The summed E-state index contributed by atoms with van der Waals surface area (Å²) >= 11 is 1.63. The number of hydrogen-bond acceptors (Lipinski definition) is 1. The molecule has 0 aliphatic carbocycles. The van der Waals surface area contributed by atoms with Gasteiger partial charge in [-0.1, -0.05) is 0 Å². The minimum Gasteiger partial charge on any atom is -0.147 e. The fourth-order valence-corrected chi connectivity index (χ4v) is 9.06. The second-order valence-corrected chi connectivity index (χ2v) is 18.0. The van der Waals surface area contributed by atoms with Gasteiger partial charge in [0, 0.05) is 0 Å². The first kappa shape index (κ1) is 19.4. The zero-order valence-corrected chi connectivity index (χ0v) is 14.9. The van der Waals surface area contributed by atoms with Gasteiger partial charge in [0.1, 0.15) is 0 Å². The van der Waals surface area contributed by atoms with Gasteiger partial charge >= 0.3 is 82.9 Å². The largest absolute Gasteiger partial charge is 0.147 e. The molecule has 6 heteroatoms. The van der Waals surface area contributed by atoms with Crippen LogP contribution in [-0.2, 0) is 25.0 Å². The van der Waals surface area contributed by atoms with Crippen LogP contribution in [0.5, 0.6) is 0 Å². The van der Waals surface area contributed by atoms with Gasteiger partial charge in [0.2, 0.25) is 0 Å². The molecule has 0 aromatic rings. The maximum atomic E-state index is 2.74. The third-order valence-electron chi connectivity index (χ3n) is 1.34. The molecular weight excluding hydrogens is 304 g/mol. The summed E-state index contributed by atoms with van der Waals surface area (Å²) in [6.07, 6.45) is 0. The van der Waals surface area contributed by atoms with Crippen LogP contribution in [0.4, 0.5) is 0 Å². The van der Waals surface area contributed by atoms with Crippen LogP contribution in [0.15, 0.2) is 0 Å². The van der Waals surface area contributed by atoms with Crippen molar-refractivity contribution in [2.45, 2.75) is 39.3 Å². The van der Waals surface area contributed by atoms with Gasteiger partial charge in [-0.2, -0.15) is 0 Å². The van der Waals surface area contributed by atoms with Crippen LogP contribution >= 0.6 is 24.8 Å². The van der Waals surface area contributed by atoms with Crippen LogP contribution in [0.2, 0.25) is 39.3 Å². The molecule has 0 heterocycles. The molecule has 0 atom stereocenters. The average molecular weight is 325 g/mol. The van der Waals surface area contributed by atoms with Gasteiger partial charge in [-0.15, -0.1) is 24.8 Å². The molecule has 0 aliphatic rings. The predicted octanol–water partition coefficient (Wildman–Crippen LogP) is 3.26. The minimum atomic E-state index is -0.961. The molecule has 0 rings (SSSR count). The second-order valence-electron chi connectivity index (χ2n) is 4.68. The molecule has 12 heavy (non-hydrogen) atoms. The molecular formula is C6H20Cl2NSi2Zr. The molecule has 0 unspecified atom stereocenters. The summed E-state index contributed by atoms with van der Waals surface area (Å²) in [5, 5.41) is 0. The first-order valence-corrected chi connectivity index (χ1v) is 11.7. The molecule has 0 bridgehead atoms. The Morgan fingerprint density at radius 3 is 0.917 bits per heavy atom. The maximum absolute atomic E-state index is 2.74. The van der Waals surface area contributed by atoms with Crippen LogP contribution in [0.25, 0.3) is 0 Å². The van der Waals surface area contributed by atoms with Crippen molar-refractivity contribution < 1.29 is 25.0 Å². The number of nitrogens with zero attached hydrogens (tertiary/aromatic N) is 1. The van der Waals surface area contributed by atoms with Crippen molar-refractivity contribution in [1.82, 2.24) is 2.17 Å². The first-order chi connectivity index (χ1) is 4.15. The van der Waals surface area contributed by atoms with Gasteiger partial charge < -0.3 is 0 Å². The molecule has 0 aromatic carbocycles. The Labute approximate surface area is 107 Å². The van der Waals surface area contributed by atoms with Crippen molar-refractivity contribution in [1.29, 1.82) is 0 Å². The number of rotatable bonds is 2. The normalized spacial score (nSPS) is 11.8. The monoisotopic (exact) mass is 322 g/mol. The van der Waals surface area contributed by atoms with Gasteiger partial charge in [0.15, 0.2) is 0 Å². The average Bonchev–Trinajstić information content (AvgIpc) is 1.59. The Hall–Kier alpha value is 1.86. The second kappa shape index (κ2) is 6.36. The van der Waals surface area contributed by atoms with Crippen molar-refractivity contribution in [3.8, 4) is 0 Å². The summed E-state index contributed by atoms with van der Waals surface area (Å²) in [6, 6.07) is 0. The van der Waals surface area contributed by atoms with E-state index in [0.29, 0.717) is 0 Å². The summed E-state index contributed by atoms with van der Waals surface area (Å²) in [4.78, 5) is 0. The number of hydrogen-bond donors (Lipinski definition) is 0. The van der Waals surface area contributed by atoms with E-state index in [1.54, 1.807) is 25.0 Å². The Bertz CT molecular complexity index is 108. The van der Waals surface area contributed by atoms with Crippen molar-refractivity contribution in [2.24, 2.45) is 0 Å². The fourth-order valence-electron chi connectivity index (χ4n) is 1.01. The van der Waals surface area contributed by atoms with Crippen LogP contribution in [0, 0.1) is 0 Å². The standard InChI is InChI=1S/C6H18NSi2.2ClH.Zr/c1-8(2,3)7-9(4,5)6;;;/h1-6H3;2*1H;/q-1;;;+1.